The maximum absolute atomic E-state index is 5.54. The molecule has 0 heterocycles. The first-order chi connectivity index (χ1) is 7.70. The van der Waals surface area contributed by atoms with Gasteiger partial charge in [-0.05, 0) is 45.6 Å². The van der Waals surface area contributed by atoms with E-state index in [4.69, 9.17) is 4.74 Å². The molecule has 1 atom stereocenters. The van der Waals surface area contributed by atoms with E-state index >= 15 is 0 Å². The predicted octanol–water partition coefficient (Wildman–Crippen LogP) is 3.53. The van der Waals surface area contributed by atoms with Crippen molar-refractivity contribution in [3.63, 3.8) is 0 Å². The summed E-state index contributed by atoms with van der Waals surface area (Å²) in [5, 5.41) is 3.58. The largest absolute Gasteiger partial charge is 0.381 e. The molecule has 16 heavy (non-hydrogen) atoms. The average molecular weight is 227 g/mol. The van der Waals surface area contributed by atoms with Gasteiger partial charge in [0.25, 0.3) is 0 Å². The number of nitrogens with one attached hydrogen (secondary N) is 1. The van der Waals surface area contributed by atoms with E-state index in [0.29, 0.717) is 6.04 Å². The summed E-state index contributed by atoms with van der Waals surface area (Å²) in [7, 11) is 0. The van der Waals surface area contributed by atoms with Crippen LogP contribution < -0.4 is 5.32 Å². The highest BCUT2D eigenvalue weighted by atomic mass is 16.5. The van der Waals surface area contributed by atoms with Gasteiger partial charge in [-0.3, -0.25) is 0 Å². The van der Waals surface area contributed by atoms with Crippen LogP contribution in [0.2, 0.25) is 0 Å². The molecule has 0 saturated heterocycles. The standard InChI is InChI=1S/C14H29NO/c1-5-10-15-14(8-7-13(3)4)9-12-16-11-6-2/h14-15H,3,5-12H2,1-2,4H3. The fourth-order valence-electron chi connectivity index (χ4n) is 1.59. The summed E-state index contributed by atoms with van der Waals surface area (Å²) in [5.74, 6) is 0. The summed E-state index contributed by atoms with van der Waals surface area (Å²) in [5.41, 5.74) is 1.28. The lowest BCUT2D eigenvalue weighted by atomic mass is 10.1. The van der Waals surface area contributed by atoms with Gasteiger partial charge in [0.05, 0.1) is 0 Å². The first kappa shape index (κ1) is 15.7. The van der Waals surface area contributed by atoms with Crippen LogP contribution in [-0.4, -0.2) is 25.8 Å². The monoisotopic (exact) mass is 227 g/mol. The minimum atomic E-state index is 0.591. The zero-order valence-electron chi connectivity index (χ0n) is 11.3. The van der Waals surface area contributed by atoms with Crippen LogP contribution in [0.5, 0.6) is 0 Å². The highest BCUT2D eigenvalue weighted by Crippen LogP contribution is 2.08. The lowest BCUT2D eigenvalue weighted by molar-refractivity contribution is 0.123. The Labute approximate surface area is 101 Å². The number of ether oxygens (including phenoxy) is 1. The van der Waals surface area contributed by atoms with Crippen molar-refractivity contribution in [3.05, 3.63) is 12.2 Å². The van der Waals surface area contributed by atoms with Crippen molar-refractivity contribution < 1.29 is 4.74 Å². The average Bonchev–Trinajstić information content (AvgIpc) is 2.26. The van der Waals surface area contributed by atoms with Crippen LogP contribution in [0, 0.1) is 0 Å². The van der Waals surface area contributed by atoms with Crippen LogP contribution in [0.3, 0.4) is 0 Å². The normalized spacial score (nSPS) is 12.7. The molecule has 2 nitrogen and oxygen atoms in total. The van der Waals surface area contributed by atoms with Crippen LogP contribution in [0.15, 0.2) is 12.2 Å². The third kappa shape index (κ3) is 10.2. The third-order valence-electron chi connectivity index (χ3n) is 2.56. The molecule has 0 aromatic heterocycles. The number of hydrogen-bond acceptors (Lipinski definition) is 2. The van der Waals surface area contributed by atoms with E-state index in [1.54, 1.807) is 0 Å². The van der Waals surface area contributed by atoms with Crippen LogP contribution in [0.25, 0.3) is 0 Å². The molecule has 0 rings (SSSR count). The van der Waals surface area contributed by atoms with Crippen molar-refractivity contribution in [2.24, 2.45) is 0 Å². The van der Waals surface area contributed by atoms with E-state index in [1.165, 1.54) is 18.4 Å². The highest BCUT2D eigenvalue weighted by Gasteiger charge is 2.07. The molecule has 0 aliphatic carbocycles. The Morgan fingerprint density at radius 2 is 1.94 bits per heavy atom. The topological polar surface area (TPSA) is 21.3 Å². The van der Waals surface area contributed by atoms with Gasteiger partial charge in [-0.15, -0.1) is 6.58 Å². The smallest absolute Gasteiger partial charge is 0.0480 e. The molecule has 0 bridgehead atoms. The second-order valence-corrected chi connectivity index (χ2v) is 4.55. The molecular formula is C14H29NO. The van der Waals surface area contributed by atoms with Gasteiger partial charge in [0, 0.05) is 19.3 Å². The van der Waals surface area contributed by atoms with Gasteiger partial charge in [0.2, 0.25) is 0 Å². The molecule has 0 aromatic carbocycles. The highest BCUT2D eigenvalue weighted by molar-refractivity contribution is 4.89. The fourth-order valence-corrected chi connectivity index (χ4v) is 1.59. The van der Waals surface area contributed by atoms with Crippen molar-refractivity contribution in [2.75, 3.05) is 19.8 Å². The van der Waals surface area contributed by atoms with E-state index in [2.05, 4.69) is 32.7 Å². The number of allylic oxidation sites excluding steroid dienone is 1. The van der Waals surface area contributed by atoms with Gasteiger partial charge < -0.3 is 10.1 Å². The van der Waals surface area contributed by atoms with Gasteiger partial charge >= 0.3 is 0 Å². The van der Waals surface area contributed by atoms with E-state index in [9.17, 15) is 0 Å². The second kappa shape index (κ2) is 11.2. The summed E-state index contributed by atoms with van der Waals surface area (Å²) in [6.45, 7) is 13.3. The van der Waals surface area contributed by atoms with Gasteiger partial charge in [-0.1, -0.05) is 19.4 Å². The lowest BCUT2D eigenvalue weighted by Gasteiger charge is -2.18. The Morgan fingerprint density at radius 3 is 2.50 bits per heavy atom. The molecule has 0 aromatic rings. The molecule has 0 aliphatic heterocycles. The van der Waals surface area contributed by atoms with E-state index < -0.39 is 0 Å². The summed E-state index contributed by atoms with van der Waals surface area (Å²) < 4.78 is 5.54. The molecule has 96 valence electrons. The summed E-state index contributed by atoms with van der Waals surface area (Å²) >= 11 is 0. The molecule has 1 N–H and O–H groups in total. The van der Waals surface area contributed by atoms with E-state index in [1.807, 2.05) is 0 Å². The minimum absolute atomic E-state index is 0.591. The lowest BCUT2D eigenvalue weighted by Crippen LogP contribution is -2.31. The third-order valence-corrected chi connectivity index (χ3v) is 2.56. The fraction of sp³-hybridized carbons (Fsp3) is 0.857. The van der Waals surface area contributed by atoms with E-state index in [-0.39, 0.29) is 0 Å². The second-order valence-electron chi connectivity index (χ2n) is 4.55. The minimum Gasteiger partial charge on any atom is -0.381 e. The number of hydrogen-bond donors (Lipinski definition) is 1. The first-order valence-electron chi connectivity index (χ1n) is 6.66. The van der Waals surface area contributed by atoms with Gasteiger partial charge in [-0.25, -0.2) is 0 Å². The Morgan fingerprint density at radius 1 is 1.19 bits per heavy atom. The maximum atomic E-state index is 5.54. The van der Waals surface area contributed by atoms with Crippen LogP contribution >= 0.6 is 0 Å². The summed E-state index contributed by atoms with van der Waals surface area (Å²) in [6, 6.07) is 0.591. The van der Waals surface area contributed by atoms with Crippen LogP contribution in [0.4, 0.5) is 0 Å². The Bertz CT molecular complexity index is 168. The van der Waals surface area contributed by atoms with Crippen molar-refractivity contribution in [2.45, 2.75) is 58.9 Å². The molecule has 0 aliphatic rings. The Balaban J connectivity index is 3.66. The molecular weight excluding hydrogens is 198 g/mol. The molecule has 0 fully saturated rings. The quantitative estimate of drug-likeness (QED) is 0.431. The van der Waals surface area contributed by atoms with Crippen molar-refractivity contribution in [3.8, 4) is 0 Å². The van der Waals surface area contributed by atoms with Crippen LogP contribution in [0.1, 0.15) is 52.9 Å². The number of rotatable bonds is 11. The molecule has 0 spiro atoms. The molecule has 0 radical (unpaired) electrons. The zero-order chi connectivity index (χ0) is 12.2. The van der Waals surface area contributed by atoms with Crippen LogP contribution in [-0.2, 0) is 4.74 Å². The van der Waals surface area contributed by atoms with Crippen molar-refractivity contribution in [1.82, 2.24) is 5.32 Å². The molecule has 2 heteroatoms. The van der Waals surface area contributed by atoms with Gasteiger partial charge in [0.15, 0.2) is 0 Å². The first-order valence-corrected chi connectivity index (χ1v) is 6.66. The summed E-state index contributed by atoms with van der Waals surface area (Å²) in [6.07, 6.45) is 5.73. The van der Waals surface area contributed by atoms with Crippen molar-refractivity contribution >= 4 is 0 Å². The Hall–Kier alpha value is -0.340. The molecule has 1 unspecified atom stereocenters. The Kier molecular flexibility index (Phi) is 10.9. The van der Waals surface area contributed by atoms with E-state index in [0.717, 1.165) is 39.0 Å². The molecule has 0 amide bonds. The summed E-state index contributed by atoms with van der Waals surface area (Å²) in [4.78, 5) is 0. The molecule has 0 saturated carbocycles. The maximum Gasteiger partial charge on any atom is 0.0480 e. The van der Waals surface area contributed by atoms with Crippen molar-refractivity contribution in [1.29, 1.82) is 0 Å². The van der Waals surface area contributed by atoms with Gasteiger partial charge in [0.1, 0.15) is 0 Å². The SMILES string of the molecule is C=C(C)CCC(CCOCCC)NCCC. The zero-order valence-corrected chi connectivity index (χ0v) is 11.3. The van der Waals surface area contributed by atoms with Gasteiger partial charge in [-0.2, -0.15) is 0 Å². The predicted molar refractivity (Wildman–Crippen MR) is 71.9 cm³/mol.